The van der Waals surface area contributed by atoms with Crippen LogP contribution in [0.2, 0.25) is 0 Å². The van der Waals surface area contributed by atoms with Crippen LogP contribution in [-0.4, -0.2) is 30.9 Å². The number of rotatable bonds is 3. The van der Waals surface area contributed by atoms with E-state index in [0.29, 0.717) is 0 Å². The van der Waals surface area contributed by atoms with Crippen molar-refractivity contribution in [3.63, 3.8) is 0 Å². The second-order valence-electron chi connectivity index (χ2n) is 3.62. The Labute approximate surface area is 74.7 Å². The third-order valence-electron chi connectivity index (χ3n) is 1.91. The molecule has 0 aromatic heterocycles. The van der Waals surface area contributed by atoms with E-state index in [2.05, 4.69) is 11.1 Å². The van der Waals surface area contributed by atoms with Gasteiger partial charge in [0.15, 0.2) is 0 Å². The van der Waals surface area contributed by atoms with Crippen molar-refractivity contribution in [1.29, 1.82) is 5.26 Å². The van der Waals surface area contributed by atoms with E-state index in [1.54, 1.807) is 6.34 Å². The third kappa shape index (κ3) is 2.91. The van der Waals surface area contributed by atoms with E-state index in [4.69, 9.17) is 5.26 Å². The molecular formula is C9H17N3. The fourth-order valence-corrected chi connectivity index (χ4v) is 0.542. The Morgan fingerprint density at radius 2 is 2.00 bits per heavy atom. The molecule has 0 saturated heterocycles. The van der Waals surface area contributed by atoms with E-state index in [9.17, 15) is 0 Å². The maximum Gasteiger partial charge on any atom is 0.148 e. The van der Waals surface area contributed by atoms with Gasteiger partial charge in [-0.3, -0.25) is 4.99 Å². The van der Waals surface area contributed by atoms with Gasteiger partial charge in [-0.2, -0.15) is 5.26 Å². The summed E-state index contributed by atoms with van der Waals surface area (Å²) in [7, 11) is 3.78. The van der Waals surface area contributed by atoms with Crippen LogP contribution in [0.4, 0.5) is 0 Å². The van der Waals surface area contributed by atoms with Crippen molar-refractivity contribution in [2.45, 2.75) is 26.3 Å². The molecule has 0 aromatic rings. The first-order valence-corrected chi connectivity index (χ1v) is 4.05. The van der Waals surface area contributed by atoms with Crippen LogP contribution in [-0.2, 0) is 0 Å². The topological polar surface area (TPSA) is 39.4 Å². The third-order valence-corrected chi connectivity index (χ3v) is 1.91. The first-order valence-electron chi connectivity index (χ1n) is 4.05. The summed E-state index contributed by atoms with van der Waals surface area (Å²) in [5, 5.41) is 8.89. The van der Waals surface area contributed by atoms with Gasteiger partial charge in [-0.25, -0.2) is 0 Å². The molecule has 3 heteroatoms. The van der Waals surface area contributed by atoms with Gasteiger partial charge in [0.25, 0.3) is 0 Å². The first kappa shape index (κ1) is 11.0. The van der Waals surface area contributed by atoms with E-state index >= 15 is 0 Å². The summed E-state index contributed by atoms with van der Waals surface area (Å²) >= 11 is 0. The highest BCUT2D eigenvalue weighted by atomic mass is 15.1. The van der Waals surface area contributed by atoms with Gasteiger partial charge in [0.05, 0.1) is 12.4 Å². The van der Waals surface area contributed by atoms with Gasteiger partial charge in [-0.05, 0) is 12.8 Å². The summed E-state index contributed by atoms with van der Waals surface area (Å²) in [6, 6.07) is 2.21. The van der Waals surface area contributed by atoms with Crippen molar-refractivity contribution in [2.24, 2.45) is 10.9 Å². The zero-order chi connectivity index (χ0) is 9.78. The molecule has 0 N–H and O–H groups in total. The van der Waals surface area contributed by atoms with E-state index in [1.807, 2.05) is 39.8 Å². The molecule has 0 aromatic carbocycles. The Hall–Kier alpha value is -1.04. The summed E-state index contributed by atoms with van der Waals surface area (Å²) in [5.74, 6) is 0.235. The van der Waals surface area contributed by atoms with Crippen LogP contribution in [0.25, 0.3) is 0 Å². The van der Waals surface area contributed by atoms with Crippen LogP contribution in [0.5, 0.6) is 0 Å². The molecule has 0 bridgehead atoms. The second kappa shape index (κ2) is 4.10. The minimum absolute atomic E-state index is 0.235. The highest BCUT2D eigenvalue weighted by Gasteiger charge is 2.26. The minimum Gasteiger partial charge on any atom is -0.369 e. The average Bonchev–Trinajstić information content (AvgIpc) is 1.99. The van der Waals surface area contributed by atoms with E-state index in [1.165, 1.54) is 0 Å². The minimum atomic E-state index is -0.593. The Balaban J connectivity index is 4.48. The lowest BCUT2D eigenvalue weighted by molar-refractivity contribution is 0.429. The van der Waals surface area contributed by atoms with Gasteiger partial charge in [-0.1, -0.05) is 13.8 Å². The molecule has 0 aliphatic heterocycles. The molecule has 0 amide bonds. The molecule has 0 aliphatic carbocycles. The maximum absolute atomic E-state index is 8.89. The Kier molecular flexibility index (Phi) is 3.75. The molecule has 0 saturated carbocycles. The van der Waals surface area contributed by atoms with Crippen LogP contribution in [0, 0.1) is 17.2 Å². The summed E-state index contributed by atoms with van der Waals surface area (Å²) in [4.78, 5) is 6.04. The monoisotopic (exact) mass is 167 g/mol. The van der Waals surface area contributed by atoms with Crippen molar-refractivity contribution in [3.05, 3.63) is 0 Å². The Morgan fingerprint density at radius 3 is 2.25 bits per heavy atom. The molecule has 0 fully saturated rings. The SMILES string of the molecule is CC(C)C(C)(C#N)N=CN(C)C. The Bertz CT molecular complexity index is 200. The van der Waals surface area contributed by atoms with Crippen LogP contribution in [0.3, 0.4) is 0 Å². The van der Waals surface area contributed by atoms with Crippen molar-refractivity contribution >= 4 is 6.34 Å². The van der Waals surface area contributed by atoms with Gasteiger partial charge in [0.2, 0.25) is 0 Å². The van der Waals surface area contributed by atoms with Crippen LogP contribution >= 0.6 is 0 Å². The maximum atomic E-state index is 8.89. The van der Waals surface area contributed by atoms with E-state index < -0.39 is 5.54 Å². The number of hydrogen-bond donors (Lipinski definition) is 0. The Morgan fingerprint density at radius 1 is 1.50 bits per heavy atom. The van der Waals surface area contributed by atoms with E-state index in [0.717, 1.165) is 0 Å². The molecule has 12 heavy (non-hydrogen) atoms. The summed E-state index contributed by atoms with van der Waals surface area (Å²) in [5.41, 5.74) is -0.593. The lowest BCUT2D eigenvalue weighted by atomic mass is 9.91. The molecule has 1 unspecified atom stereocenters. The van der Waals surface area contributed by atoms with Crippen molar-refractivity contribution in [1.82, 2.24) is 4.90 Å². The predicted octanol–water partition coefficient (Wildman–Crippen LogP) is 1.51. The van der Waals surface area contributed by atoms with Gasteiger partial charge in [-0.15, -0.1) is 0 Å². The van der Waals surface area contributed by atoms with Crippen LogP contribution in [0.1, 0.15) is 20.8 Å². The van der Waals surface area contributed by atoms with Gasteiger partial charge < -0.3 is 4.90 Å². The summed E-state index contributed by atoms with van der Waals surface area (Å²) in [6.45, 7) is 5.84. The lowest BCUT2D eigenvalue weighted by Gasteiger charge is -2.21. The van der Waals surface area contributed by atoms with Gasteiger partial charge in [0.1, 0.15) is 5.54 Å². The zero-order valence-corrected chi connectivity index (χ0v) is 8.50. The zero-order valence-electron chi connectivity index (χ0n) is 8.50. The largest absolute Gasteiger partial charge is 0.369 e. The fourth-order valence-electron chi connectivity index (χ4n) is 0.542. The van der Waals surface area contributed by atoms with E-state index in [-0.39, 0.29) is 5.92 Å². The summed E-state index contributed by atoms with van der Waals surface area (Å²) in [6.07, 6.45) is 1.68. The molecule has 0 heterocycles. The highest BCUT2D eigenvalue weighted by molar-refractivity contribution is 5.55. The van der Waals surface area contributed by atoms with Crippen LogP contribution in [0.15, 0.2) is 4.99 Å². The second-order valence-corrected chi connectivity index (χ2v) is 3.62. The fraction of sp³-hybridized carbons (Fsp3) is 0.778. The molecule has 68 valence electrons. The molecule has 0 aliphatic rings. The number of hydrogen-bond acceptors (Lipinski definition) is 2. The van der Waals surface area contributed by atoms with Gasteiger partial charge >= 0.3 is 0 Å². The average molecular weight is 167 g/mol. The lowest BCUT2D eigenvalue weighted by Crippen LogP contribution is -2.28. The molecule has 1 atom stereocenters. The molecule has 0 spiro atoms. The first-order chi connectivity index (χ1) is 5.42. The smallest absolute Gasteiger partial charge is 0.148 e. The summed E-state index contributed by atoms with van der Waals surface area (Å²) < 4.78 is 0. The van der Waals surface area contributed by atoms with Crippen LogP contribution < -0.4 is 0 Å². The quantitative estimate of drug-likeness (QED) is 0.472. The predicted molar refractivity (Wildman–Crippen MR) is 51.0 cm³/mol. The van der Waals surface area contributed by atoms with Crippen molar-refractivity contribution in [2.75, 3.05) is 14.1 Å². The normalized spacial score (nSPS) is 16.1. The number of nitrogens with zero attached hydrogens (tertiary/aromatic N) is 3. The van der Waals surface area contributed by atoms with Gasteiger partial charge in [0, 0.05) is 14.1 Å². The molecule has 0 rings (SSSR count). The van der Waals surface area contributed by atoms with Crippen molar-refractivity contribution in [3.8, 4) is 6.07 Å². The number of nitriles is 1. The van der Waals surface area contributed by atoms with Crippen molar-refractivity contribution < 1.29 is 0 Å². The number of aliphatic imine (C=N–C) groups is 1. The standard InChI is InChI=1S/C9H17N3/c1-8(2)9(3,6-10)11-7-12(4)5/h7-8H,1-5H3. The molecule has 0 radical (unpaired) electrons. The molecular weight excluding hydrogens is 150 g/mol. The highest BCUT2D eigenvalue weighted by Crippen LogP contribution is 2.19. The molecule has 3 nitrogen and oxygen atoms in total.